The number of nitrogens with zero attached hydrogens (tertiary/aromatic N) is 3. The smallest absolute Gasteiger partial charge is 0.227 e. The van der Waals surface area contributed by atoms with Gasteiger partial charge in [-0.1, -0.05) is 45.4 Å². The second kappa shape index (κ2) is 7.81. The van der Waals surface area contributed by atoms with Crippen LogP contribution in [0.15, 0.2) is 28.7 Å². The van der Waals surface area contributed by atoms with Crippen molar-refractivity contribution in [2.45, 2.75) is 71.3 Å². The molecule has 2 heterocycles. The van der Waals surface area contributed by atoms with Gasteiger partial charge in [0.2, 0.25) is 17.7 Å². The molecule has 2 aromatic rings. The first-order chi connectivity index (χ1) is 12.1. The number of carbonyl (C=O) groups is 1. The molecule has 0 saturated heterocycles. The van der Waals surface area contributed by atoms with Crippen LogP contribution < -0.4 is 4.90 Å². The van der Waals surface area contributed by atoms with Crippen molar-refractivity contribution in [3.8, 4) is 0 Å². The first-order valence-electron chi connectivity index (χ1n) is 9.32. The summed E-state index contributed by atoms with van der Waals surface area (Å²) in [4.78, 5) is 15.0. The molecule has 0 bridgehead atoms. The fourth-order valence-electron chi connectivity index (χ4n) is 3.49. The maximum atomic E-state index is 13.0. The van der Waals surface area contributed by atoms with E-state index in [2.05, 4.69) is 29.3 Å². The lowest BCUT2D eigenvalue weighted by Gasteiger charge is -2.37. The highest BCUT2D eigenvalue weighted by Gasteiger charge is 2.30. The van der Waals surface area contributed by atoms with Crippen molar-refractivity contribution in [1.82, 2.24) is 10.2 Å². The number of hydrogen-bond donors (Lipinski definition) is 0. The molecule has 1 aromatic heterocycles. The van der Waals surface area contributed by atoms with Gasteiger partial charge in [0.1, 0.15) is 0 Å². The number of carbonyl (C=O) groups excluding carboxylic acids is 1. The number of hydrogen-bond acceptors (Lipinski definition) is 4. The first kappa shape index (κ1) is 17.6. The Balaban J connectivity index is 1.73. The van der Waals surface area contributed by atoms with Crippen LogP contribution in [0.4, 0.5) is 5.69 Å². The van der Waals surface area contributed by atoms with Crippen molar-refractivity contribution in [1.29, 1.82) is 0 Å². The van der Waals surface area contributed by atoms with Crippen LogP contribution in [0.2, 0.25) is 0 Å². The Morgan fingerprint density at radius 3 is 2.84 bits per heavy atom. The highest BCUT2D eigenvalue weighted by Crippen LogP contribution is 2.33. The van der Waals surface area contributed by atoms with Crippen LogP contribution in [0.5, 0.6) is 0 Å². The largest absolute Gasteiger partial charge is 0.425 e. The van der Waals surface area contributed by atoms with Crippen LogP contribution in [0, 0.1) is 0 Å². The van der Waals surface area contributed by atoms with E-state index in [4.69, 9.17) is 4.42 Å². The molecule has 25 heavy (non-hydrogen) atoms. The quantitative estimate of drug-likeness (QED) is 0.787. The zero-order valence-corrected chi connectivity index (χ0v) is 15.4. The van der Waals surface area contributed by atoms with Gasteiger partial charge in [-0.25, -0.2) is 0 Å². The summed E-state index contributed by atoms with van der Waals surface area (Å²) >= 11 is 0. The Labute approximate surface area is 149 Å². The normalized spacial score (nSPS) is 17.0. The van der Waals surface area contributed by atoms with Gasteiger partial charge in [-0.2, -0.15) is 0 Å². The Morgan fingerprint density at radius 1 is 1.32 bits per heavy atom. The van der Waals surface area contributed by atoms with Crippen LogP contribution in [0.25, 0.3) is 0 Å². The van der Waals surface area contributed by atoms with Gasteiger partial charge in [-0.05, 0) is 30.9 Å². The minimum atomic E-state index is 0.148. The molecule has 1 aliphatic heterocycles. The second-order valence-corrected chi connectivity index (χ2v) is 7.06. The summed E-state index contributed by atoms with van der Waals surface area (Å²) in [6.07, 6.45) is 5.10. The number of fused-ring (bicyclic) bond motifs is 1. The van der Waals surface area contributed by atoms with E-state index >= 15 is 0 Å². The van der Waals surface area contributed by atoms with Gasteiger partial charge in [-0.15, -0.1) is 10.2 Å². The summed E-state index contributed by atoms with van der Waals surface area (Å²) in [7, 11) is 0. The Bertz CT molecular complexity index is 723. The summed E-state index contributed by atoms with van der Waals surface area (Å²) in [5, 5.41) is 8.11. The number of benzene rings is 1. The number of para-hydroxylation sites is 1. The van der Waals surface area contributed by atoms with Gasteiger partial charge in [0, 0.05) is 30.5 Å². The van der Waals surface area contributed by atoms with Crippen LogP contribution in [-0.2, 0) is 17.6 Å². The van der Waals surface area contributed by atoms with E-state index < -0.39 is 0 Å². The third-order valence-electron chi connectivity index (χ3n) is 4.78. The predicted molar refractivity (Wildman–Crippen MR) is 97.7 cm³/mol. The van der Waals surface area contributed by atoms with E-state index in [0.717, 1.165) is 31.4 Å². The summed E-state index contributed by atoms with van der Waals surface area (Å²) in [5.41, 5.74) is 2.34. The third kappa shape index (κ3) is 3.91. The molecule has 0 aliphatic carbocycles. The van der Waals surface area contributed by atoms with Gasteiger partial charge in [-0.3, -0.25) is 4.79 Å². The number of anilines is 1. The van der Waals surface area contributed by atoms with Crippen LogP contribution in [-0.4, -0.2) is 22.1 Å². The lowest BCUT2D eigenvalue weighted by atomic mass is 9.92. The standard InChI is InChI=1S/C20H27N3O2/c1-4-7-16-11-10-15-8-5-6-9-17(15)23(16)19(24)13-12-18-21-22-20(25-18)14(2)3/h5-6,8-9,14,16H,4,7,10-13H2,1-3H3. The number of amides is 1. The lowest BCUT2D eigenvalue weighted by Crippen LogP contribution is -2.43. The zero-order chi connectivity index (χ0) is 17.8. The molecule has 0 N–H and O–H groups in total. The minimum Gasteiger partial charge on any atom is -0.425 e. The molecule has 0 saturated carbocycles. The van der Waals surface area contributed by atoms with Gasteiger partial charge in [0.25, 0.3) is 0 Å². The molecule has 1 atom stereocenters. The van der Waals surface area contributed by atoms with Gasteiger partial charge in [0.05, 0.1) is 0 Å². The van der Waals surface area contributed by atoms with Crippen molar-refractivity contribution in [2.75, 3.05) is 4.90 Å². The monoisotopic (exact) mass is 341 g/mol. The van der Waals surface area contributed by atoms with E-state index in [1.54, 1.807) is 0 Å². The van der Waals surface area contributed by atoms with Crippen molar-refractivity contribution >= 4 is 11.6 Å². The zero-order valence-electron chi connectivity index (χ0n) is 15.4. The predicted octanol–water partition coefficient (Wildman–Crippen LogP) is 4.27. The molecule has 0 radical (unpaired) electrons. The van der Waals surface area contributed by atoms with E-state index in [0.29, 0.717) is 30.7 Å². The Morgan fingerprint density at radius 2 is 2.12 bits per heavy atom. The molecular weight excluding hydrogens is 314 g/mol. The molecule has 1 aliphatic rings. The molecule has 3 rings (SSSR count). The molecule has 134 valence electrons. The number of aryl methyl sites for hydroxylation is 2. The van der Waals surface area contributed by atoms with Gasteiger partial charge >= 0.3 is 0 Å². The number of aromatic nitrogens is 2. The van der Waals surface area contributed by atoms with Crippen LogP contribution >= 0.6 is 0 Å². The van der Waals surface area contributed by atoms with Crippen LogP contribution in [0.1, 0.15) is 69.7 Å². The molecule has 1 amide bonds. The van der Waals surface area contributed by atoms with E-state index in [1.807, 2.05) is 30.9 Å². The topological polar surface area (TPSA) is 59.2 Å². The number of rotatable bonds is 6. The highest BCUT2D eigenvalue weighted by molar-refractivity contribution is 5.95. The Hall–Kier alpha value is -2.17. The van der Waals surface area contributed by atoms with Gasteiger partial charge in [0.15, 0.2) is 0 Å². The summed E-state index contributed by atoms with van der Waals surface area (Å²) < 4.78 is 5.63. The average molecular weight is 341 g/mol. The van der Waals surface area contributed by atoms with E-state index in [1.165, 1.54) is 5.56 Å². The van der Waals surface area contributed by atoms with Crippen LogP contribution in [0.3, 0.4) is 0 Å². The van der Waals surface area contributed by atoms with Crippen molar-refractivity contribution in [2.24, 2.45) is 0 Å². The van der Waals surface area contributed by atoms with Crippen molar-refractivity contribution < 1.29 is 9.21 Å². The van der Waals surface area contributed by atoms with Crippen molar-refractivity contribution in [3.63, 3.8) is 0 Å². The van der Waals surface area contributed by atoms with E-state index in [9.17, 15) is 4.79 Å². The Kier molecular flexibility index (Phi) is 5.51. The maximum Gasteiger partial charge on any atom is 0.227 e. The minimum absolute atomic E-state index is 0.148. The second-order valence-electron chi connectivity index (χ2n) is 7.06. The van der Waals surface area contributed by atoms with Gasteiger partial charge < -0.3 is 9.32 Å². The molecule has 5 nitrogen and oxygen atoms in total. The molecule has 5 heteroatoms. The summed E-state index contributed by atoms with van der Waals surface area (Å²) in [5.74, 6) is 1.54. The fraction of sp³-hybridized carbons (Fsp3) is 0.550. The lowest BCUT2D eigenvalue weighted by molar-refractivity contribution is -0.119. The maximum absolute atomic E-state index is 13.0. The molecule has 1 unspecified atom stereocenters. The molecular formula is C20H27N3O2. The molecule has 0 fully saturated rings. The van der Waals surface area contributed by atoms with Crippen molar-refractivity contribution in [3.05, 3.63) is 41.6 Å². The highest BCUT2D eigenvalue weighted by atomic mass is 16.4. The molecule has 1 aromatic carbocycles. The fourth-order valence-corrected chi connectivity index (χ4v) is 3.49. The SMILES string of the molecule is CCCC1CCc2ccccc2N1C(=O)CCc1nnc(C(C)C)o1. The third-order valence-corrected chi connectivity index (χ3v) is 4.78. The van der Waals surface area contributed by atoms with E-state index in [-0.39, 0.29) is 11.8 Å². The summed E-state index contributed by atoms with van der Waals surface area (Å²) in [6.45, 7) is 6.21. The average Bonchev–Trinajstić information content (AvgIpc) is 3.09. The first-order valence-corrected chi connectivity index (χ1v) is 9.32. The molecule has 0 spiro atoms. The summed E-state index contributed by atoms with van der Waals surface area (Å²) in [6, 6.07) is 8.55.